The zero-order valence-corrected chi connectivity index (χ0v) is 10.4. The summed E-state index contributed by atoms with van der Waals surface area (Å²) >= 11 is 0. The second kappa shape index (κ2) is 4.91. The first-order chi connectivity index (χ1) is 8.20. The summed E-state index contributed by atoms with van der Waals surface area (Å²) < 4.78 is 5.15. The lowest BCUT2D eigenvalue weighted by Gasteiger charge is -2.13. The van der Waals surface area contributed by atoms with Gasteiger partial charge in [-0.1, -0.05) is 24.3 Å². The van der Waals surface area contributed by atoms with E-state index < -0.39 is 0 Å². The third-order valence-corrected chi connectivity index (χ3v) is 2.69. The van der Waals surface area contributed by atoms with Gasteiger partial charge in [0.1, 0.15) is 5.75 Å². The zero-order valence-electron chi connectivity index (χ0n) is 10.4. The number of benzene rings is 2. The van der Waals surface area contributed by atoms with Gasteiger partial charge in [-0.2, -0.15) is 0 Å². The molecule has 0 saturated carbocycles. The van der Waals surface area contributed by atoms with Crippen molar-refractivity contribution in [2.45, 2.75) is 0 Å². The van der Waals surface area contributed by atoms with Crippen LogP contribution in [0.3, 0.4) is 0 Å². The molecule has 2 aromatic rings. The van der Waals surface area contributed by atoms with E-state index in [4.69, 9.17) is 4.74 Å². The van der Waals surface area contributed by atoms with Gasteiger partial charge < -0.3 is 9.64 Å². The maximum Gasteiger partial charge on any atom is 0.118 e. The van der Waals surface area contributed by atoms with E-state index in [0.29, 0.717) is 0 Å². The van der Waals surface area contributed by atoms with Gasteiger partial charge in [-0.3, -0.25) is 0 Å². The zero-order chi connectivity index (χ0) is 12.3. The molecule has 0 heterocycles. The Labute approximate surface area is 102 Å². The fourth-order valence-corrected chi connectivity index (χ4v) is 1.68. The van der Waals surface area contributed by atoms with Gasteiger partial charge in [-0.15, -0.1) is 0 Å². The van der Waals surface area contributed by atoms with Crippen molar-refractivity contribution < 1.29 is 4.74 Å². The van der Waals surface area contributed by atoms with Gasteiger partial charge in [0.2, 0.25) is 0 Å². The first-order valence-electron chi connectivity index (χ1n) is 5.54. The summed E-state index contributed by atoms with van der Waals surface area (Å²) in [5, 5.41) is 0. The Hall–Kier alpha value is -1.96. The van der Waals surface area contributed by atoms with Crippen LogP contribution < -0.4 is 9.64 Å². The Morgan fingerprint density at radius 2 is 1.71 bits per heavy atom. The number of hydrogen-bond acceptors (Lipinski definition) is 2. The molecule has 87 valence electrons. The third-order valence-electron chi connectivity index (χ3n) is 2.69. The van der Waals surface area contributed by atoms with Crippen molar-refractivity contribution in [3.63, 3.8) is 0 Å². The van der Waals surface area contributed by atoms with Crippen LogP contribution in [-0.4, -0.2) is 21.2 Å². The summed E-state index contributed by atoms with van der Waals surface area (Å²) in [5.41, 5.74) is 3.45. The van der Waals surface area contributed by atoms with Crippen molar-refractivity contribution in [2.24, 2.45) is 0 Å². The van der Waals surface area contributed by atoms with Crippen LogP contribution >= 0.6 is 0 Å². The fourth-order valence-electron chi connectivity index (χ4n) is 1.68. The predicted molar refractivity (Wildman–Crippen MR) is 71.6 cm³/mol. The Kier molecular flexibility index (Phi) is 3.33. The van der Waals surface area contributed by atoms with E-state index in [1.165, 1.54) is 11.1 Å². The van der Waals surface area contributed by atoms with Crippen LogP contribution in [0.1, 0.15) is 0 Å². The standard InChI is InChI=1S/C15H16NO/c1-16(2)14-6-4-5-13(11-14)12-7-9-15(17-3)10-8-12/h4-5,7-11H,1-3H3. The Balaban J connectivity index is 2.35. The van der Waals surface area contributed by atoms with E-state index in [0.717, 1.165) is 11.4 Å². The van der Waals surface area contributed by atoms with Gasteiger partial charge in [-0.05, 0) is 29.3 Å². The highest BCUT2D eigenvalue weighted by Gasteiger charge is 2.01. The number of rotatable bonds is 3. The van der Waals surface area contributed by atoms with Crippen LogP contribution in [0.5, 0.6) is 5.75 Å². The van der Waals surface area contributed by atoms with Gasteiger partial charge in [-0.25, -0.2) is 0 Å². The second-order valence-corrected chi connectivity index (χ2v) is 4.09. The summed E-state index contributed by atoms with van der Waals surface area (Å²) in [4.78, 5) is 2.05. The van der Waals surface area contributed by atoms with E-state index in [1.807, 2.05) is 37.2 Å². The van der Waals surface area contributed by atoms with Gasteiger partial charge >= 0.3 is 0 Å². The molecule has 0 N–H and O–H groups in total. The molecule has 0 unspecified atom stereocenters. The average Bonchev–Trinajstić information content (AvgIpc) is 2.39. The molecule has 0 aromatic heterocycles. The second-order valence-electron chi connectivity index (χ2n) is 4.09. The van der Waals surface area contributed by atoms with E-state index in [2.05, 4.69) is 30.3 Å². The van der Waals surface area contributed by atoms with Crippen molar-refractivity contribution in [3.8, 4) is 16.9 Å². The fraction of sp³-hybridized carbons (Fsp3) is 0.200. The molecule has 0 saturated heterocycles. The lowest BCUT2D eigenvalue weighted by molar-refractivity contribution is 0.415. The van der Waals surface area contributed by atoms with E-state index >= 15 is 0 Å². The van der Waals surface area contributed by atoms with Crippen molar-refractivity contribution in [1.82, 2.24) is 0 Å². The van der Waals surface area contributed by atoms with Gasteiger partial charge in [0, 0.05) is 25.8 Å². The van der Waals surface area contributed by atoms with E-state index in [-0.39, 0.29) is 0 Å². The van der Waals surface area contributed by atoms with Crippen molar-refractivity contribution in [1.29, 1.82) is 0 Å². The van der Waals surface area contributed by atoms with Crippen LogP contribution in [0.15, 0.2) is 42.5 Å². The van der Waals surface area contributed by atoms with Gasteiger partial charge in [0.15, 0.2) is 0 Å². The molecule has 0 aliphatic carbocycles. The van der Waals surface area contributed by atoms with Crippen LogP contribution in [0.4, 0.5) is 5.69 Å². The molecular weight excluding hydrogens is 210 g/mol. The normalized spacial score (nSPS) is 10.1. The summed E-state index contributed by atoms with van der Waals surface area (Å²) in [6, 6.07) is 17.4. The Morgan fingerprint density at radius 3 is 2.29 bits per heavy atom. The first-order valence-corrected chi connectivity index (χ1v) is 5.54. The minimum Gasteiger partial charge on any atom is -0.497 e. The maximum absolute atomic E-state index is 5.15. The first kappa shape index (κ1) is 11.5. The average molecular weight is 226 g/mol. The highest BCUT2D eigenvalue weighted by atomic mass is 16.5. The quantitative estimate of drug-likeness (QED) is 0.796. The molecule has 2 rings (SSSR count). The highest BCUT2D eigenvalue weighted by molar-refractivity contribution is 5.68. The summed E-state index contributed by atoms with van der Waals surface area (Å²) in [6.07, 6.45) is 0. The summed E-state index contributed by atoms with van der Waals surface area (Å²) in [7, 11) is 5.71. The Morgan fingerprint density at radius 1 is 1.00 bits per heavy atom. The molecule has 0 amide bonds. The molecule has 0 aliphatic heterocycles. The van der Waals surface area contributed by atoms with Crippen molar-refractivity contribution >= 4 is 5.69 Å². The molecule has 2 nitrogen and oxygen atoms in total. The van der Waals surface area contributed by atoms with Crippen LogP contribution in [0.25, 0.3) is 11.1 Å². The van der Waals surface area contributed by atoms with Crippen molar-refractivity contribution in [3.05, 3.63) is 48.5 Å². The molecule has 2 heteroatoms. The largest absolute Gasteiger partial charge is 0.497 e. The molecule has 0 aliphatic rings. The smallest absolute Gasteiger partial charge is 0.118 e. The molecule has 2 aromatic carbocycles. The number of ether oxygens (including phenoxy) is 1. The minimum atomic E-state index is 0.879. The monoisotopic (exact) mass is 226 g/mol. The van der Waals surface area contributed by atoms with E-state index in [9.17, 15) is 0 Å². The topological polar surface area (TPSA) is 12.5 Å². The third kappa shape index (κ3) is 2.59. The SMILES string of the molecule is COc1ccc(-c2cc[c]c(N(C)C)c2)cc1. The molecular formula is C15H16NO. The van der Waals surface area contributed by atoms with E-state index in [1.54, 1.807) is 7.11 Å². The lowest BCUT2D eigenvalue weighted by atomic mass is 10.0. The Bertz CT molecular complexity index is 489. The lowest BCUT2D eigenvalue weighted by Crippen LogP contribution is -2.08. The number of anilines is 1. The molecule has 0 atom stereocenters. The van der Waals surface area contributed by atoms with Crippen LogP contribution in [0.2, 0.25) is 0 Å². The summed E-state index contributed by atoms with van der Waals surface area (Å²) in [6.45, 7) is 0. The number of nitrogens with zero attached hydrogens (tertiary/aromatic N) is 1. The van der Waals surface area contributed by atoms with Gasteiger partial charge in [0.25, 0.3) is 0 Å². The number of methoxy groups -OCH3 is 1. The molecule has 0 fully saturated rings. The molecule has 17 heavy (non-hydrogen) atoms. The summed E-state index contributed by atoms with van der Waals surface area (Å²) in [5.74, 6) is 0.879. The minimum absolute atomic E-state index is 0.879. The van der Waals surface area contributed by atoms with Crippen molar-refractivity contribution in [2.75, 3.05) is 26.1 Å². The maximum atomic E-state index is 5.15. The molecule has 0 spiro atoms. The number of hydrogen-bond donors (Lipinski definition) is 0. The molecule has 0 bridgehead atoms. The molecule has 1 radical (unpaired) electrons. The highest BCUT2D eigenvalue weighted by Crippen LogP contribution is 2.25. The predicted octanol–water partition coefficient (Wildman–Crippen LogP) is 3.23. The van der Waals surface area contributed by atoms with Crippen LogP contribution in [-0.2, 0) is 0 Å². The van der Waals surface area contributed by atoms with Crippen LogP contribution in [0, 0.1) is 6.07 Å². The van der Waals surface area contributed by atoms with Gasteiger partial charge in [0.05, 0.1) is 7.11 Å².